The van der Waals surface area contributed by atoms with Gasteiger partial charge >= 0.3 is 12.0 Å². The SMILES string of the molecule is O=C(O)C1CCN(C(=O)N[C@@H]2C[C@H]2c2ccccc2)CC1. The van der Waals surface area contributed by atoms with Gasteiger partial charge in [-0.3, -0.25) is 4.79 Å². The van der Waals surface area contributed by atoms with Gasteiger partial charge in [-0.25, -0.2) is 4.79 Å². The fourth-order valence-corrected chi connectivity index (χ4v) is 3.00. The molecule has 2 N–H and O–H groups in total. The maximum atomic E-state index is 12.2. The van der Waals surface area contributed by atoms with E-state index >= 15 is 0 Å². The topological polar surface area (TPSA) is 69.6 Å². The van der Waals surface area contributed by atoms with Crippen LogP contribution < -0.4 is 5.32 Å². The number of hydrogen-bond donors (Lipinski definition) is 2. The second kappa shape index (κ2) is 5.76. The average Bonchev–Trinajstić information content (AvgIpc) is 3.27. The standard InChI is InChI=1S/C16H20N2O3/c19-15(20)12-6-8-18(9-7-12)16(21)17-14-10-13(14)11-4-2-1-3-5-11/h1-5,12-14H,6-10H2,(H,17,21)(H,19,20)/t13-,14+/m0/s1. The zero-order chi connectivity index (χ0) is 14.8. The number of carbonyl (C=O) groups is 2. The van der Waals surface area contributed by atoms with E-state index in [1.807, 2.05) is 18.2 Å². The van der Waals surface area contributed by atoms with Gasteiger partial charge in [0.05, 0.1) is 5.92 Å². The van der Waals surface area contributed by atoms with Gasteiger partial charge in [0.1, 0.15) is 0 Å². The van der Waals surface area contributed by atoms with Crippen molar-refractivity contribution in [2.24, 2.45) is 5.92 Å². The van der Waals surface area contributed by atoms with Crippen LogP contribution in [0.3, 0.4) is 0 Å². The quantitative estimate of drug-likeness (QED) is 0.894. The minimum absolute atomic E-state index is 0.0535. The Morgan fingerprint density at radius 1 is 1.14 bits per heavy atom. The molecule has 3 rings (SSSR count). The largest absolute Gasteiger partial charge is 0.481 e. The lowest BCUT2D eigenvalue weighted by Gasteiger charge is -2.30. The minimum Gasteiger partial charge on any atom is -0.481 e. The van der Waals surface area contributed by atoms with Gasteiger partial charge < -0.3 is 15.3 Å². The zero-order valence-corrected chi connectivity index (χ0v) is 11.9. The number of urea groups is 1. The second-order valence-corrected chi connectivity index (χ2v) is 5.91. The number of nitrogens with zero attached hydrogens (tertiary/aromatic N) is 1. The van der Waals surface area contributed by atoms with Gasteiger partial charge in [0.15, 0.2) is 0 Å². The molecule has 2 aliphatic rings. The second-order valence-electron chi connectivity index (χ2n) is 5.91. The molecule has 0 unspecified atom stereocenters. The molecule has 2 fully saturated rings. The molecule has 2 atom stereocenters. The van der Waals surface area contributed by atoms with Crippen LogP contribution in [0.15, 0.2) is 30.3 Å². The van der Waals surface area contributed by atoms with Crippen molar-refractivity contribution < 1.29 is 14.7 Å². The number of rotatable bonds is 3. The van der Waals surface area contributed by atoms with E-state index in [1.165, 1.54) is 5.56 Å². The number of piperidine rings is 1. The summed E-state index contributed by atoms with van der Waals surface area (Å²) in [5.41, 5.74) is 1.27. The van der Waals surface area contributed by atoms with Crippen LogP contribution in [0.4, 0.5) is 4.79 Å². The number of aliphatic carboxylic acids is 1. The van der Waals surface area contributed by atoms with E-state index in [0.717, 1.165) is 6.42 Å². The van der Waals surface area contributed by atoms with Gasteiger partial charge in [-0.05, 0) is 24.8 Å². The van der Waals surface area contributed by atoms with Crippen molar-refractivity contribution in [1.82, 2.24) is 10.2 Å². The normalized spacial score (nSPS) is 25.4. The third-order valence-corrected chi connectivity index (χ3v) is 4.46. The van der Waals surface area contributed by atoms with Gasteiger partial charge in [0, 0.05) is 25.0 Å². The summed E-state index contributed by atoms with van der Waals surface area (Å²) in [6.07, 6.45) is 2.09. The van der Waals surface area contributed by atoms with Crippen molar-refractivity contribution in [3.63, 3.8) is 0 Å². The average molecular weight is 288 g/mol. The molecule has 1 saturated heterocycles. The lowest BCUT2D eigenvalue weighted by molar-refractivity contribution is -0.143. The molecule has 1 aromatic carbocycles. The van der Waals surface area contributed by atoms with Crippen LogP contribution >= 0.6 is 0 Å². The van der Waals surface area contributed by atoms with Crippen LogP contribution in [-0.4, -0.2) is 41.1 Å². The summed E-state index contributed by atoms with van der Waals surface area (Å²) in [5, 5.41) is 12.0. The summed E-state index contributed by atoms with van der Waals surface area (Å²) in [4.78, 5) is 24.8. The molecule has 1 aromatic rings. The molecular formula is C16H20N2O3. The molecule has 112 valence electrons. The number of hydrogen-bond acceptors (Lipinski definition) is 2. The van der Waals surface area contributed by atoms with Crippen LogP contribution in [0, 0.1) is 5.92 Å². The molecule has 1 aliphatic heterocycles. The Bertz CT molecular complexity index is 524. The highest BCUT2D eigenvalue weighted by Crippen LogP contribution is 2.40. The molecule has 21 heavy (non-hydrogen) atoms. The molecular weight excluding hydrogens is 268 g/mol. The first kappa shape index (κ1) is 13.9. The van der Waals surface area contributed by atoms with Gasteiger partial charge in [0.2, 0.25) is 0 Å². The maximum Gasteiger partial charge on any atom is 0.317 e. The highest BCUT2D eigenvalue weighted by Gasteiger charge is 2.40. The highest BCUT2D eigenvalue weighted by atomic mass is 16.4. The molecule has 1 heterocycles. The van der Waals surface area contributed by atoms with E-state index in [1.54, 1.807) is 4.90 Å². The molecule has 0 spiro atoms. The third-order valence-electron chi connectivity index (χ3n) is 4.46. The lowest BCUT2D eigenvalue weighted by atomic mass is 9.97. The van der Waals surface area contributed by atoms with Gasteiger partial charge in [-0.15, -0.1) is 0 Å². The Morgan fingerprint density at radius 2 is 1.81 bits per heavy atom. The molecule has 5 heteroatoms. The molecule has 0 bridgehead atoms. The third kappa shape index (κ3) is 3.17. The van der Waals surface area contributed by atoms with Crippen LogP contribution in [0.25, 0.3) is 0 Å². The fraction of sp³-hybridized carbons (Fsp3) is 0.500. The van der Waals surface area contributed by atoms with Gasteiger partial charge in [-0.2, -0.15) is 0 Å². The minimum atomic E-state index is -0.749. The van der Waals surface area contributed by atoms with Crippen LogP contribution in [0.2, 0.25) is 0 Å². The summed E-state index contributed by atoms with van der Waals surface area (Å²) in [5.74, 6) is -0.625. The van der Waals surface area contributed by atoms with Crippen molar-refractivity contribution in [2.45, 2.75) is 31.2 Å². The summed E-state index contributed by atoms with van der Waals surface area (Å²) in [6.45, 7) is 1.07. The number of carbonyl (C=O) groups excluding carboxylic acids is 1. The van der Waals surface area contributed by atoms with Gasteiger partial charge in [-0.1, -0.05) is 30.3 Å². The smallest absolute Gasteiger partial charge is 0.317 e. The Balaban J connectivity index is 1.47. The Morgan fingerprint density at radius 3 is 2.43 bits per heavy atom. The van der Waals surface area contributed by atoms with E-state index < -0.39 is 5.97 Å². The van der Waals surface area contributed by atoms with Crippen LogP contribution in [0.1, 0.15) is 30.7 Å². The summed E-state index contributed by atoms with van der Waals surface area (Å²) in [6, 6.07) is 10.4. The molecule has 0 aromatic heterocycles. The number of benzene rings is 1. The van der Waals surface area contributed by atoms with Crippen molar-refractivity contribution >= 4 is 12.0 Å². The maximum absolute atomic E-state index is 12.2. The fourth-order valence-electron chi connectivity index (χ4n) is 3.00. The first-order chi connectivity index (χ1) is 10.1. The molecule has 2 amide bonds. The molecule has 5 nitrogen and oxygen atoms in total. The van der Waals surface area contributed by atoms with Gasteiger partial charge in [0.25, 0.3) is 0 Å². The van der Waals surface area contributed by atoms with E-state index in [0.29, 0.717) is 31.8 Å². The first-order valence-corrected chi connectivity index (χ1v) is 7.48. The number of amides is 2. The molecule has 0 radical (unpaired) electrons. The molecule has 1 aliphatic carbocycles. The number of nitrogens with one attached hydrogen (secondary N) is 1. The highest BCUT2D eigenvalue weighted by molar-refractivity contribution is 5.76. The van der Waals surface area contributed by atoms with Crippen LogP contribution in [-0.2, 0) is 4.79 Å². The number of likely N-dealkylation sites (tertiary alicyclic amines) is 1. The van der Waals surface area contributed by atoms with Crippen molar-refractivity contribution in [3.8, 4) is 0 Å². The Kier molecular flexibility index (Phi) is 3.82. The van der Waals surface area contributed by atoms with Crippen molar-refractivity contribution in [2.75, 3.05) is 13.1 Å². The summed E-state index contributed by atoms with van der Waals surface area (Å²) in [7, 11) is 0. The van der Waals surface area contributed by atoms with E-state index in [-0.39, 0.29) is 18.0 Å². The lowest BCUT2D eigenvalue weighted by Crippen LogP contribution is -2.46. The first-order valence-electron chi connectivity index (χ1n) is 7.48. The van der Waals surface area contributed by atoms with Crippen molar-refractivity contribution in [3.05, 3.63) is 35.9 Å². The van der Waals surface area contributed by atoms with E-state index in [9.17, 15) is 9.59 Å². The van der Waals surface area contributed by atoms with E-state index in [2.05, 4.69) is 17.4 Å². The Labute approximate surface area is 123 Å². The predicted octanol–water partition coefficient (Wildman–Crippen LogP) is 2.05. The van der Waals surface area contributed by atoms with E-state index in [4.69, 9.17) is 5.11 Å². The monoisotopic (exact) mass is 288 g/mol. The van der Waals surface area contributed by atoms with Crippen molar-refractivity contribution in [1.29, 1.82) is 0 Å². The predicted molar refractivity (Wildman–Crippen MR) is 78.1 cm³/mol. The number of carboxylic acids is 1. The summed E-state index contributed by atoms with van der Waals surface area (Å²) >= 11 is 0. The van der Waals surface area contributed by atoms with Crippen LogP contribution in [0.5, 0.6) is 0 Å². The zero-order valence-electron chi connectivity index (χ0n) is 11.9. The Hall–Kier alpha value is -2.04. The number of carboxylic acid groups (broad SMARTS) is 1. The summed E-state index contributed by atoms with van der Waals surface area (Å²) < 4.78 is 0. The molecule has 1 saturated carbocycles.